The zero-order valence-electron chi connectivity index (χ0n) is 16.0. The Morgan fingerprint density at radius 3 is 2.90 bits per heavy atom. The molecule has 0 saturated carbocycles. The third-order valence-corrected chi connectivity index (χ3v) is 6.39. The van der Waals surface area contributed by atoms with Crippen LogP contribution in [0.2, 0.25) is 0 Å². The van der Waals surface area contributed by atoms with E-state index in [4.69, 9.17) is 4.98 Å². The van der Waals surface area contributed by atoms with Crippen LogP contribution in [0, 0.1) is 21.4 Å². The number of fused-ring (bicyclic) bond motifs is 4. The number of H-pyrrole nitrogens is 1. The third kappa shape index (κ3) is 2.67. The number of aromatic nitrogens is 2. The number of nitrogens with one attached hydrogen (secondary N) is 1. The molecule has 7 heteroatoms. The molecule has 5 rings (SSSR count). The van der Waals surface area contributed by atoms with Crippen molar-refractivity contribution in [3.05, 3.63) is 64.0 Å². The first-order chi connectivity index (χ1) is 14.1. The van der Waals surface area contributed by atoms with Crippen molar-refractivity contribution in [3.8, 4) is 6.07 Å². The van der Waals surface area contributed by atoms with Gasteiger partial charge in [-0.15, -0.1) is 0 Å². The summed E-state index contributed by atoms with van der Waals surface area (Å²) in [6.45, 7) is 0.846. The van der Waals surface area contributed by atoms with Crippen LogP contribution in [-0.4, -0.2) is 27.5 Å². The second-order valence-electron chi connectivity index (χ2n) is 7.99. The molecule has 29 heavy (non-hydrogen) atoms. The number of imidazole rings is 1. The van der Waals surface area contributed by atoms with Crippen LogP contribution in [0.4, 0.5) is 11.4 Å². The molecule has 0 spiro atoms. The van der Waals surface area contributed by atoms with E-state index in [9.17, 15) is 15.4 Å². The zero-order valence-corrected chi connectivity index (χ0v) is 16.0. The van der Waals surface area contributed by atoms with Gasteiger partial charge in [-0.25, -0.2) is 4.98 Å². The minimum absolute atomic E-state index is 0.00971. The molecular weight excluding hydrogens is 366 g/mol. The molecule has 1 saturated heterocycles. The molecule has 2 aliphatic heterocycles. The topological polar surface area (TPSA) is 98.8 Å². The van der Waals surface area contributed by atoms with Crippen LogP contribution < -0.4 is 4.90 Å². The van der Waals surface area contributed by atoms with E-state index >= 15 is 0 Å². The Bertz CT molecular complexity index is 1110. The van der Waals surface area contributed by atoms with Crippen molar-refractivity contribution in [2.24, 2.45) is 0 Å². The van der Waals surface area contributed by atoms with Crippen LogP contribution in [-0.2, 0) is 11.8 Å². The lowest BCUT2D eigenvalue weighted by Gasteiger charge is -2.46. The van der Waals surface area contributed by atoms with Crippen molar-refractivity contribution in [2.45, 2.75) is 43.6 Å². The number of hydrogen-bond donors (Lipinski definition) is 1. The van der Waals surface area contributed by atoms with Gasteiger partial charge < -0.3 is 9.88 Å². The van der Waals surface area contributed by atoms with Gasteiger partial charge in [-0.2, -0.15) is 5.26 Å². The molecular formula is C22H21N5O2. The first-order valence-corrected chi connectivity index (χ1v) is 10.0. The first-order valence-electron chi connectivity index (χ1n) is 10.0. The minimum atomic E-state index is -0.869. The molecule has 7 nitrogen and oxygen atoms in total. The van der Waals surface area contributed by atoms with Crippen LogP contribution in [0.15, 0.2) is 42.5 Å². The smallest absolute Gasteiger partial charge is 0.269 e. The maximum absolute atomic E-state index is 11.4. The first kappa shape index (κ1) is 17.7. The molecule has 0 aliphatic carbocycles. The Morgan fingerprint density at radius 1 is 1.24 bits per heavy atom. The normalized spacial score (nSPS) is 23.7. The Labute approximate surface area is 168 Å². The van der Waals surface area contributed by atoms with Crippen molar-refractivity contribution < 1.29 is 4.92 Å². The number of aromatic amines is 1. The summed E-state index contributed by atoms with van der Waals surface area (Å²) in [6.07, 6.45) is 4.56. The van der Waals surface area contributed by atoms with E-state index in [1.807, 2.05) is 30.3 Å². The Balaban J connectivity index is 1.72. The summed E-state index contributed by atoms with van der Waals surface area (Å²) in [6, 6.07) is 15.4. The average Bonchev–Trinajstić information content (AvgIpc) is 3.02. The number of nitro groups is 1. The highest BCUT2D eigenvalue weighted by Gasteiger charge is 2.50. The van der Waals surface area contributed by atoms with Gasteiger partial charge in [0.05, 0.1) is 28.1 Å². The van der Waals surface area contributed by atoms with Crippen molar-refractivity contribution in [3.63, 3.8) is 0 Å². The number of nitro benzene ring substituents is 1. The third-order valence-electron chi connectivity index (χ3n) is 6.39. The number of para-hydroxylation sites is 2. The fourth-order valence-corrected chi connectivity index (χ4v) is 5.01. The molecule has 1 N–H and O–H groups in total. The van der Waals surface area contributed by atoms with Crippen LogP contribution >= 0.6 is 0 Å². The van der Waals surface area contributed by atoms with Crippen molar-refractivity contribution in [1.29, 1.82) is 5.26 Å². The molecule has 2 atom stereocenters. The monoisotopic (exact) mass is 387 g/mol. The summed E-state index contributed by atoms with van der Waals surface area (Å²) in [7, 11) is 0. The lowest BCUT2D eigenvalue weighted by atomic mass is 9.70. The van der Waals surface area contributed by atoms with Gasteiger partial charge in [0.1, 0.15) is 11.2 Å². The van der Waals surface area contributed by atoms with Crippen molar-refractivity contribution in [1.82, 2.24) is 9.97 Å². The van der Waals surface area contributed by atoms with E-state index in [-0.39, 0.29) is 16.7 Å². The van der Waals surface area contributed by atoms with E-state index in [2.05, 4.69) is 16.0 Å². The van der Waals surface area contributed by atoms with Crippen LogP contribution in [0.25, 0.3) is 11.0 Å². The van der Waals surface area contributed by atoms with Gasteiger partial charge in [-0.3, -0.25) is 10.1 Å². The summed E-state index contributed by atoms with van der Waals surface area (Å²) in [5.74, 6) is 0.662. The van der Waals surface area contributed by atoms with Gasteiger partial charge in [0.2, 0.25) is 0 Å². The maximum Gasteiger partial charge on any atom is 0.269 e. The van der Waals surface area contributed by atoms with Crippen molar-refractivity contribution in [2.75, 3.05) is 11.4 Å². The molecule has 0 amide bonds. The fourth-order valence-electron chi connectivity index (χ4n) is 5.01. The summed E-state index contributed by atoms with van der Waals surface area (Å²) >= 11 is 0. The second kappa shape index (κ2) is 6.59. The van der Waals surface area contributed by atoms with Gasteiger partial charge in [0.25, 0.3) is 5.69 Å². The highest BCUT2D eigenvalue weighted by Crippen LogP contribution is 2.46. The molecule has 0 unspecified atom stereocenters. The Morgan fingerprint density at radius 2 is 2.10 bits per heavy atom. The standard InChI is InChI=1S/C22H21N5O2/c23-14-22(21-24-17-6-3-4-7-18(17)25-21)13-15-12-16(27(28)29)9-10-19(15)26-11-5-1-2-8-20(22)26/h3-4,6-7,9-10,12,20H,1-2,5,8,11,13H2,(H,24,25)/t20-,22+/m0/s1. The summed E-state index contributed by atoms with van der Waals surface area (Å²) < 4.78 is 0. The fraction of sp³-hybridized carbons (Fsp3) is 0.364. The number of non-ortho nitro benzene ring substituents is 1. The zero-order chi connectivity index (χ0) is 20.0. The molecule has 2 aromatic carbocycles. The van der Waals surface area contributed by atoms with E-state index in [1.54, 1.807) is 12.1 Å². The maximum atomic E-state index is 11.4. The molecule has 146 valence electrons. The number of nitrogens with zero attached hydrogens (tertiary/aromatic N) is 4. The number of rotatable bonds is 2. The van der Waals surface area contributed by atoms with E-state index in [0.717, 1.165) is 54.5 Å². The van der Waals surface area contributed by atoms with Gasteiger partial charge in [-0.05, 0) is 36.6 Å². The van der Waals surface area contributed by atoms with E-state index in [0.29, 0.717) is 12.2 Å². The second-order valence-corrected chi connectivity index (χ2v) is 7.99. The SMILES string of the molecule is N#C[C@]1(c2nc3ccccc3[nH]2)Cc2cc([N+](=O)[O-])ccc2N2CCCCC[C@H]21. The van der Waals surface area contributed by atoms with Gasteiger partial charge >= 0.3 is 0 Å². The number of hydrogen-bond acceptors (Lipinski definition) is 5. The molecule has 0 radical (unpaired) electrons. The minimum Gasteiger partial charge on any atom is -0.366 e. The average molecular weight is 387 g/mol. The number of anilines is 1. The quantitative estimate of drug-likeness (QED) is 0.524. The highest BCUT2D eigenvalue weighted by atomic mass is 16.6. The van der Waals surface area contributed by atoms with Crippen LogP contribution in [0.1, 0.15) is 37.1 Å². The summed E-state index contributed by atoms with van der Waals surface area (Å²) in [5, 5.41) is 21.8. The molecule has 1 aromatic heterocycles. The van der Waals surface area contributed by atoms with E-state index < -0.39 is 5.41 Å². The predicted octanol–water partition coefficient (Wildman–Crippen LogP) is 4.24. The predicted molar refractivity (Wildman–Crippen MR) is 110 cm³/mol. The largest absolute Gasteiger partial charge is 0.366 e. The number of benzene rings is 2. The van der Waals surface area contributed by atoms with Crippen molar-refractivity contribution >= 4 is 22.4 Å². The summed E-state index contributed by atoms with van der Waals surface area (Å²) in [5.41, 5.74) is 2.80. The lowest BCUT2D eigenvalue weighted by Crippen LogP contribution is -2.55. The molecule has 1 fully saturated rings. The van der Waals surface area contributed by atoms with Crippen LogP contribution in [0.5, 0.6) is 0 Å². The molecule has 2 aliphatic rings. The highest BCUT2D eigenvalue weighted by molar-refractivity contribution is 5.75. The lowest BCUT2D eigenvalue weighted by molar-refractivity contribution is -0.384. The van der Waals surface area contributed by atoms with Gasteiger partial charge in [-0.1, -0.05) is 25.0 Å². The Hall–Kier alpha value is -3.40. The van der Waals surface area contributed by atoms with Gasteiger partial charge in [0, 0.05) is 30.8 Å². The van der Waals surface area contributed by atoms with Crippen LogP contribution in [0.3, 0.4) is 0 Å². The van der Waals surface area contributed by atoms with Gasteiger partial charge in [0.15, 0.2) is 0 Å². The molecule has 3 heterocycles. The summed E-state index contributed by atoms with van der Waals surface area (Å²) in [4.78, 5) is 21.5. The molecule has 3 aromatic rings. The molecule has 0 bridgehead atoms. The number of nitriles is 1. The Kier molecular flexibility index (Phi) is 4.02. The van der Waals surface area contributed by atoms with E-state index in [1.165, 1.54) is 0 Å².